The van der Waals surface area contributed by atoms with Gasteiger partial charge in [0.25, 0.3) is 0 Å². The van der Waals surface area contributed by atoms with E-state index in [1.54, 1.807) is 4.68 Å². The van der Waals surface area contributed by atoms with Crippen molar-refractivity contribution in [3.63, 3.8) is 0 Å². The van der Waals surface area contributed by atoms with Gasteiger partial charge in [0.15, 0.2) is 0 Å². The first kappa shape index (κ1) is 9.52. The van der Waals surface area contributed by atoms with E-state index in [1.165, 1.54) is 0 Å². The summed E-state index contributed by atoms with van der Waals surface area (Å²) in [5.74, 6) is 1.31. The summed E-state index contributed by atoms with van der Waals surface area (Å²) in [6.07, 6.45) is 4.53. The number of aromatic nitrogens is 2. The third kappa shape index (κ3) is 1.75. The first-order valence-electron chi connectivity index (χ1n) is 5.22. The van der Waals surface area contributed by atoms with Gasteiger partial charge in [-0.3, -0.25) is 4.68 Å². The number of aryl methyl sites for hydroxylation is 1. The lowest BCUT2D eigenvalue weighted by Gasteiger charge is -2.24. The molecule has 0 radical (unpaired) electrons. The quantitative estimate of drug-likeness (QED) is 0.700. The summed E-state index contributed by atoms with van der Waals surface area (Å²) in [5, 5.41) is 4.41. The predicted molar refractivity (Wildman–Crippen MR) is 56.8 cm³/mol. The van der Waals surface area contributed by atoms with Gasteiger partial charge in [-0.15, -0.1) is 0 Å². The van der Waals surface area contributed by atoms with E-state index >= 15 is 0 Å². The number of nitrogens with two attached hydrogens (primary N) is 2. The number of hydrogen-bond acceptors (Lipinski definition) is 3. The molecule has 4 heteroatoms. The van der Waals surface area contributed by atoms with Gasteiger partial charge < -0.3 is 11.5 Å². The second-order valence-electron chi connectivity index (χ2n) is 4.23. The van der Waals surface area contributed by atoms with Gasteiger partial charge in [-0.2, -0.15) is 5.10 Å². The molecular formula is C10H18N4. The molecule has 1 saturated carbocycles. The maximum absolute atomic E-state index is 5.86. The molecule has 14 heavy (non-hydrogen) atoms. The highest BCUT2D eigenvalue weighted by atomic mass is 15.3. The molecule has 78 valence electrons. The Morgan fingerprint density at radius 3 is 2.50 bits per heavy atom. The molecule has 1 aromatic heterocycles. The molecule has 0 atom stereocenters. The SMILES string of the molecule is Cn1nc(C2CCC(N)CC2)cc1N. The van der Waals surface area contributed by atoms with E-state index < -0.39 is 0 Å². The Balaban J connectivity index is 2.08. The van der Waals surface area contributed by atoms with Crippen molar-refractivity contribution < 1.29 is 0 Å². The summed E-state index contributed by atoms with van der Waals surface area (Å²) in [4.78, 5) is 0. The summed E-state index contributed by atoms with van der Waals surface area (Å²) in [6.45, 7) is 0. The van der Waals surface area contributed by atoms with Crippen molar-refractivity contribution in [2.45, 2.75) is 37.6 Å². The second kappa shape index (κ2) is 3.61. The average molecular weight is 194 g/mol. The molecule has 1 aliphatic rings. The lowest BCUT2D eigenvalue weighted by molar-refractivity contribution is 0.389. The molecule has 1 aliphatic carbocycles. The molecule has 4 nitrogen and oxygen atoms in total. The van der Waals surface area contributed by atoms with Crippen LogP contribution in [-0.4, -0.2) is 15.8 Å². The van der Waals surface area contributed by atoms with E-state index in [1.807, 2.05) is 13.1 Å². The highest BCUT2D eigenvalue weighted by Crippen LogP contribution is 2.31. The monoisotopic (exact) mass is 194 g/mol. The summed E-state index contributed by atoms with van der Waals surface area (Å²) in [5.41, 5.74) is 12.7. The zero-order valence-electron chi connectivity index (χ0n) is 8.61. The number of nitrogen functional groups attached to an aromatic ring is 1. The molecule has 0 aliphatic heterocycles. The Bertz CT molecular complexity index is 290. The lowest BCUT2D eigenvalue weighted by atomic mass is 9.84. The van der Waals surface area contributed by atoms with Crippen LogP contribution >= 0.6 is 0 Å². The maximum Gasteiger partial charge on any atom is 0.121 e. The van der Waals surface area contributed by atoms with E-state index in [0.717, 1.165) is 37.2 Å². The molecule has 0 saturated heterocycles. The highest BCUT2D eigenvalue weighted by Gasteiger charge is 2.22. The summed E-state index contributed by atoms with van der Waals surface area (Å²) < 4.78 is 1.74. The van der Waals surface area contributed by atoms with E-state index in [0.29, 0.717) is 12.0 Å². The van der Waals surface area contributed by atoms with Crippen molar-refractivity contribution in [2.24, 2.45) is 12.8 Å². The summed E-state index contributed by atoms with van der Waals surface area (Å²) >= 11 is 0. The van der Waals surface area contributed by atoms with Crippen LogP contribution in [0.15, 0.2) is 6.07 Å². The first-order chi connectivity index (χ1) is 6.66. The highest BCUT2D eigenvalue weighted by molar-refractivity contribution is 5.32. The van der Waals surface area contributed by atoms with Crippen molar-refractivity contribution in [3.8, 4) is 0 Å². The van der Waals surface area contributed by atoms with Crippen LogP contribution in [-0.2, 0) is 7.05 Å². The minimum absolute atomic E-state index is 0.396. The van der Waals surface area contributed by atoms with Crippen molar-refractivity contribution in [2.75, 3.05) is 5.73 Å². The van der Waals surface area contributed by atoms with E-state index in [-0.39, 0.29) is 0 Å². The fourth-order valence-electron chi connectivity index (χ4n) is 2.12. The van der Waals surface area contributed by atoms with Crippen molar-refractivity contribution in [3.05, 3.63) is 11.8 Å². The van der Waals surface area contributed by atoms with Gasteiger partial charge in [0.05, 0.1) is 5.69 Å². The molecular weight excluding hydrogens is 176 g/mol. The average Bonchev–Trinajstić information content (AvgIpc) is 2.48. The van der Waals surface area contributed by atoms with Gasteiger partial charge in [-0.1, -0.05) is 0 Å². The number of hydrogen-bond donors (Lipinski definition) is 2. The van der Waals surface area contributed by atoms with E-state index in [2.05, 4.69) is 5.10 Å². The number of rotatable bonds is 1. The number of anilines is 1. The fourth-order valence-corrected chi connectivity index (χ4v) is 2.12. The van der Waals surface area contributed by atoms with Crippen LogP contribution in [0.4, 0.5) is 5.82 Å². The summed E-state index contributed by atoms with van der Waals surface area (Å²) in [7, 11) is 1.88. The standard InChI is InChI=1S/C10H18N4/c1-14-10(12)6-9(13-14)7-2-4-8(11)5-3-7/h6-8H,2-5,11-12H2,1H3. The first-order valence-corrected chi connectivity index (χ1v) is 5.22. The molecule has 1 fully saturated rings. The number of nitrogens with zero attached hydrogens (tertiary/aromatic N) is 2. The molecule has 0 aromatic carbocycles. The third-order valence-electron chi connectivity index (χ3n) is 3.13. The Morgan fingerprint density at radius 1 is 1.36 bits per heavy atom. The van der Waals surface area contributed by atoms with Crippen LogP contribution in [0.25, 0.3) is 0 Å². The van der Waals surface area contributed by atoms with Gasteiger partial charge in [-0.25, -0.2) is 0 Å². The Labute approximate surface area is 84.3 Å². The van der Waals surface area contributed by atoms with Crippen LogP contribution in [0.1, 0.15) is 37.3 Å². The summed E-state index contributed by atoms with van der Waals surface area (Å²) in [6, 6.07) is 2.38. The van der Waals surface area contributed by atoms with Crippen LogP contribution in [0.2, 0.25) is 0 Å². The Kier molecular flexibility index (Phi) is 2.46. The van der Waals surface area contributed by atoms with Gasteiger partial charge >= 0.3 is 0 Å². The molecule has 1 aromatic rings. The minimum atomic E-state index is 0.396. The maximum atomic E-state index is 5.86. The van der Waals surface area contributed by atoms with Gasteiger partial charge in [0.1, 0.15) is 5.82 Å². The lowest BCUT2D eigenvalue weighted by Crippen LogP contribution is -2.25. The van der Waals surface area contributed by atoms with Crippen LogP contribution in [0.3, 0.4) is 0 Å². The molecule has 0 bridgehead atoms. The van der Waals surface area contributed by atoms with Crippen LogP contribution < -0.4 is 11.5 Å². The van der Waals surface area contributed by atoms with Crippen molar-refractivity contribution in [1.29, 1.82) is 0 Å². The third-order valence-corrected chi connectivity index (χ3v) is 3.13. The fraction of sp³-hybridized carbons (Fsp3) is 0.700. The smallest absolute Gasteiger partial charge is 0.121 e. The van der Waals surface area contributed by atoms with Crippen molar-refractivity contribution in [1.82, 2.24) is 9.78 Å². The largest absolute Gasteiger partial charge is 0.384 e. The molecule has 2 rings (SSSR count). The molecule has 0 spiro atoms. The molecule has 0 amide bonds. The molecule has 4 N–H and O–H groups in total. The predicted octanol–water partition coefficient (Wildman–Crippen LogP) is 0.987. The van der Waals surface area contributed by atoms with Crippen molar-refractivity contribution >= 4 is 5.82 Å². The zero-order chi connectivity index (χ0) is 10.1. The van der Waals surface area contributed by atoms with Crippen LogP contribution in [0.5, 0.6) is 0 Å². The van der Waals surface area contributed by atoms with Gasteiger partial charge in [0.2, 0.25) is 0 Å². The molecule has 1 heterocycles. The van der Waals surface area contributed by atoms with Gasteiger partial charge in [-0.05, 0) is 25.7 Å². The van der Waals surface area contributed by atoms with Gasteiger partial charge in [0, 0.05) is 25.1 Å². The topological polar surface area (TPSA) is 69.9 Å². The van der Waals surface area contributed by atoms with Crippen LogP contribution in [0, 0.1) is 0 Å². The molecule has 0 unspecified atom stereocenters. The second-order valence-corrected chi connectivity index (χ2v) is 4.23. The van der Waals surface area contributed by atoms with E-state index in [4.69, 9.17) is 11.5 Å². The normalized spacial score (nSPS) is 27.9. The minimum Gasteiger partial charge on any atom is -0.384 e. The Hall–Kier alpha value is -1.03. The van der Waals surface area contributed by atoms with E-state index in [9.17, 15) is 0 Å². The zero-order valence-corrected chi connectivity index (χ0v) is 8.61. The Morgan fingerprint density at radius 2 is 2.00 bits per heavy atom.